The average Bonchev–Trinajstić information content (AvgIpc) is 2.29. The molecule has 0 spiro atoms. The summed E-state index contributed by atoms with van der Waals surface area (Å²) < 4.78 is 0. The van der Waals surface area contributed by atoms with E-state index in [1.54, 1.807) is 18.0 Å². The predicted molar refractivity (Wildman–Crippen MR) is 76.9 cm³/mol. The van der Waals surface area contributed by atoms with E-state index in [-0.39, 0.29) is 0 Å². The first-order chi connectivity index (χ1) is 8.13. The second kappa shape index (κ2) is 7.96. The maximum Gasteiger partial charge on any atom is 0.115 e. The minimum atomic E-state index is 0.516. The van der Waals surface area contributed by atoms with Crippen LogP contribution in [0.3, 0.4) is 0 Å². The van der Waals surface area contributed by atoms with Crippen molar-refractivity contribution in [3.63, 3.8) is 0 Å². The van der Waals surface area contributed by atoms with E-state index in [0.29, 0.717) is 11.3 Å². The summed E-state index contributed by atoms with van der Waals surface area (Å²) in [5, 5.41) is 5.70. The number of nitrogens with zero attached hydrogens (tertiary/aromatic N) is 1. The van der Waals surface area contributed by atoms with Crippen LogP contribution in [0.15, 0.2) is 23.4 Å². The van der Waals surface area contributed by atoms with E-state index in [1.807, 2.05) is 12.1 Å². The van der Waals surface area contributed by atoms with E-state index in [2.05, 4.69) is 31.1 Å². The highest BCUT2D eigenvalue weighted by atomic mass is 35.5. The number of aromatic nitrogens is 1. The van der Waals surface area contributed by atoms with E-state index in [0.717, 1.165) is 23.0 Å². The van der Waals surface area contributed by atoms with Crippen molar-refractivity contribution in [1.29, 1.82) is 0 Å². The van der Waals surface area contributed by atoms with Crippen molar-refractivity contribution in [2.24, 2.45) is 0 Å². The van der Waals surface area contributed by atoms with Crippen LogP contribution in [-0.2, 0) is 0 Å². The molecule has 0 fully saturated rings. The largest absolute Gasteiger partial charge is 0.314 e. The lowest BCUT2D eigenvalue weighted by Crippen LogP contribution is -2.29. The van der Waals surface area contributed by atoms with Gasteiger partial charge in [-0.3, -0.25) is 0 Å². The van der Waals surface area contributed by atoms with Crippen LogP contribution in [0.1, 0.15) is 33.6 Å². The normalized spacial score (nSPS) is 14.6. The summed E-state index contributed by atoms with van der Waals surface area (Å²) in [7, 11) is 0. The molecule has 0 radical (unpaired) electrons. The van der Waals surface area contributed by atoms with Crippen LogP contribution >= 0.6 is 23.4 Å². The van der Waals surface area contributed by atoms with Gasteiger partial charge in [-0.15, -0.1) is 11.8 Å². The maximum atomic E-state index is 6.09. The maximum absolute atomic E-state index is 6.09. The van der Waals surface area contributed by atoms with Crippen molar-refractivity contribution in [1.82, 2.24) is 10.3 Å². The van der Waals surface area contributed by atoms with Crippen LogP contribution in [0.2, 0.25) is 5.02 Å². The molecule has 0 aliphatic rings. The number of hydrogen-bond acceptors (Lipinski definition) is 3. The first-order valence-corrected chi connectivity index (χ1v) is 7.39. The predicted octanol–water partition coefficient (Wildman–Crippen LogP) is 3.99. The molecule has 0 amide bonds. The van der Waals surface area contributed by atoms with Gasteiger partial charge in [-0.05, 0) is 38.4 Å². The van der Waals surface area contributed by atoms with Crippen LogP contribution < -0.4 is 5.32 Å². The van der Waals surface area contributed by atoms with Crippen molar-refractivity contribution in [2.75, 3.05) is 6.54 Å². The fourth-order valence-corrected chi connectivity index (χ4v) is 2.99. The summed E-state index contributed by atoms with van der Waals surface area (Å²) in [6.45, 7) is 7.72. The van der Waals surface area contributed by atoms with Crippen LogP contribution in [0.25, 0.3) is 0 Å². The lowest BCUT2D eigenvalue weighted by Gasteiger charge is -2.18. The topological polar surface area (TPSA) is 24.9 Å². The first kappa shape index (κ1) is 14.8. The van der Waals surface area contributed by atoms with Crippen LogP contribution in [0, 0.1) is 0 Å². The highest BCUT2D eigenvalue weighted by Gasteiger charge is 2.11. The molecule has 1 aromatic rings. The molecule has 0 aliphatic carbocycles. The van der Waals surface area contributed by atoms with Gasteiger partial charge in [-0.25, -0.2) is 4.98 Å². The fourth-order valence-electron chi connectivity index (χ4n) is 1.67. The first-order valence-electron chi connectivity index (χ1n) is 6.14. The molecule has 96 valence electrons. The van der Waals surface area contributed by atoms with E-state index in [4.69, 9.17) is 11.6 Å². The third-order valence-electron chi connectivity index (χ3n) is 2.47. The fraction of sp³-hybridized carbons (Fsp3) is 0.615. The Bertz CT molecular complexity index is 333. The number of thioether (sulfide) groups is 1. The Balaban J connectivity index is 2.39. The highest BCUT2D eigenvalue weighted by Crippen LogP contribution is 2.29. The van der Waals surface area contributed by atoms with Crippen LogP contribution in [-0.4, -0.2) is 22.8 Å². The van der Waals surface area contributed by atoms with Gasteiger partial charge < -0.3 is 5.32 Å². The quantitative estimate of drug-likeness (QED) is 0.760. The van der Waals surface area contributed by atoms with Gasteiger partial charge in [0.15, 0.2) is 0 Å². The number of halogens is 1. The minimum absolute atomic E-state index is 0.516. The molecule has 1 aromatic heterocycles. The average molecular weight is 273 g/mol. The monoisotopic (exact) mass is 272 g/mol. The van der Waals surface area contributed by atoms with Crippen molar-refractivity contribution in [3.05, 3.63) is 23.4 Å². The summed E-state index contributed by atoms with van der Waals surface area (Å²) in [6.07, 6.45) is 4.09. The van der Waals surface area contributed by atoms with Gasteiger partial charge in [0.1, 0.15) is 5.03 Å². The molecule has 4 heteroatoms. The molecule has 0 saturated carbocycles. The third kappa shape index (κ3) is 5.75. The zero-order valence-electron chi connectivity index (χ0n) is 10.7. The Labute approximate surface area is 114 Å². The molecule has 0 aromatic carbocycles. The molecule has 17 heavy (non-hydrogen) atoms. The molecule has 0 bridgehead atoms. The molecular weight excluding hydrogens is 252 g/mol. The molecule has 1 N–H and O–H groups in total. The van der Waals surface area contributed by atoms with Gasteiger partial charge in [0.05, 0.1) is 5.02 Å². The van der Waals surface area contributed by atoms with Crippen molar-refractivity contribution in [2.45, 2.75) is 49.9 Å². The molecule has 0 aliphatic heterocycles. The Morgan fingerprint density at radius 2 is 2.24 bits per heavy atom. The van der Waals surface area contributed by atoms with E-state index >= 15 is 0 Å². The smallest absolute Gasteiger partial charge is 0.115 e. The Hall–Kier alpha value is -0.250. The molecule has 2 atom stereocenters. The zero-order valence-corrected chi connectivity index (χ0v) is 12.3. The van der Waals surface area contributed by atoms with E-state index in [1.165, 1.54) is 6.42 Å². The second-order valence-corrected chi connectivity index (χ2v) is 6.14. The Kier molecular flexibility index (Phi) is 6.93. The van der Waals surface area contributed by atoms with Gasteiger partial charge >= 0.3 is 0 Å². The number of pyridine rings is 1. The van der Waals surface area contributed by atoms with E-state index < -0.39 is 0 Å². The van der Waals surface area contributed by atoms with Crippen molar-refractivity contribution >= 4 is 23.4 Å². The van der Waals surface area contributed by atoms with Crippen molar-refractivity contribution in [3.8, 4) is 0 Å². The number of rotatable bonds is 7. The summed E-state index contributed by atoms with van der Waals surface area (Å²) in [5.41, 5.74) is 0. The van der Waals surface area contributed by atoms with E-state index in [9.17, 15) is 0 Å². The molecule has 0 saturated heterocycles. The number of nitrogens with one attached hydrogen (secondary N) is 1. The lowest BCUT2D eigenvalue weighted by molar-refractivity contribution is 0.513. The lowest BCUT2D eigenvalue weighted by atomic mass is 10.2. The molecule has 2 nitrogen and oxygen atoms in total. The van der Waals surface area contributed by atoms with Crippen molar-refractivity contribution < 1.29 is 0 Å². The molecule has 2 unspecified atom stereocenters. The van der Waals surface area contributed by atoms with Gasteiger partial charge in [0.2, 0.25) is 0 Å². The number of hydrogen-bond donors (Lipinski definition) is 1. The molecule has 1 rings (SSSR count). The summed E-state index contributed by atoms with van der Waals surface area (Å²) in [4.78, 5) is 4.30. The molecular formula is C13H21ClN2S. The Morgan fingerprint density at radius 1 is 1.47 bits per heavy atom. The summed E-state index contributed by atoms with van der Waals surface area (Å²) >= 11 is 7.84. The minimum Gasteiger partial charge on any atom is -0.314 e. The van der Waals surface area contributed by atoms with Crippen LogP contribution in [0.5, 0.6) is 0 Å². The van der Waals surface area contributed by atoms with Gasteiger partial charge in [0.25, 0.3) is 0 Å². The summed E-state index contributed by atoms with van der Waals surface area (Å²) in [6, 6.07) is 4.30. The second-order valence-electron chi connectivity index (χ2n) is 4.31. The van der Waals surface area contributed by atoms with Gasteiger partial charge in [-0.1, -0.05) is 25.4 Å². The Morgan fingerprint density at radius 3 is 2.88 bits per heavy atom. The van der Waals surface area contributed by atoms with Crippen LogP contribution in [0.4, 0.5) is 0 Å². The van der Waals surface area contributed by atoms with Gasteiger partial charge in [0, 0.05) is 17.5 Å². The molecule has 1 heterocycles. The standard InChI is InChI=1S/C13H21ClN2S/c1-4-7-15-10(2)9-11(3)17-13-12(14)6-5-8-16-13/h5-6,8,10-11,15H,4,7,9H2,1-3H3. The summed E-state index contributed by atoms with van der Waals surface area (Å²) in [5.74, 6) is 0. The SMILES string of the molecule is CCCNC(C)CC(C)Sc1ncccc1Cl. The van der Waals surface area contributed by atoms with Gasteiger partial charge in [-0.2, -0.15) is 0 Å². The highest BCUT2D eigenvalue weighted by molar-refractivity contribution is 7.99. The third-order valence-corrected chi connectivity index (χ3v) is 4.03. The zero-order chi connectivity index (χ0) is 12.7.